The van der Waals surface area contributed by atoms with Crippen LogP contribution in [0.5, 0.6) is 0 Å². The molecule has 1 aliphatic rings. The Hall–Kier alpha value is 0.0900. The van der Waals surface area contributed by atoms with Crippen LogP contribution >= 0.6 is 43.2 Å². The smallest absolute Gasteiger partial charge is 0.264 e. The van der Waals surface area contributed by atoms with E-state index in [1.165, 1.54) is 11.3 Å². The fourth-order valence-electron chi connectivity index (χ4n) is 1.74. The molecule has 3 nitrogen and oxygen atoms in total. The molecule has 88 valence electrons. The monoisotopic (exact) mass is 366 g/mol. The van der Waals surface area contributed by atoms with Crippen LogP contribution in [-0.2, 0) is 0 Å². The lowest BCUT2D eigenvalue weighted by atomic mass is 10.2. The maximum atomic E-state index is 12.2. The summed E-state index contributed by atoms with van der Waals surface area (Å²) in [6.07, 6.45) is 0. The van der Waals surface area contributed by atoms with Gasteiger partial charge in [-0.25, -0.2) is 0 Å². The average Bonchev–Trinajstić information content (AvgIpc) is 2.59. The molecule has 2 rings (SSSR count). The molecular weight excluding hydrogens is 356 g/mol. The lowest BCUT2D eigenvalue weighted by molar-refractivity contribution is 0.0661. The van der Waals surface area contributed by atoms with Gasteiger partial charge in [0.1, 0.15) is 0 Å². The summed E-state index contributed by atoms with van der Waals surface area (Å²) in [5, 5.41) is 3.28. The lowest BCUT2D eigenvalue weighted by Crippen LogP contribution is -2.52. The van der Waals surface area contributed by atoms with Gasteiger partial charge in [-0.05, 0) is 44.8 Å². The molecule has 1 saturated heterocycles. The normalized spacial score (nSPS) is 21.2. The van der Waals surface area contributed by atoms with E-state index < -0.39 is 0 Å². The number of thiophene rings is 1. The fourth-order valence-corrected chi connectivity index (χ4v) is 3.73. The molecule has 2 heterocycles. The van der Waals surface area contributed by atoms with Crippen molar-refractivity contribution in [2.24, 2.45) is 0 Å². The number of nitrogens with zero attached hydrogens (tertiary/aromatic N) is 1. The van der Waals surface area contributed by atoms with Crippen LogP contribution in [0.15, 0.2) is 14.3 Å². The maximum Gasteiger partial charge on any atom is 0.264 e. The largest absolute Gasteiger partial charge is 0.333 e. The summed E-state index contributed by atoms with van der Waals surface area (Å²) < 4.78 is 1.92. The zero-order valence-electron chi connectivity index (χ0n) is 8.80. The van der Waals surface area contributed by atoms with E-state index in [1.54, 1.807) is 0 Å². The van der Waals surface area contributed by atoms with Gasteiger partial charge in [0, 0.05) is 30.1 Å². The molecule has 6 heteroatoms. The SMILES string of the molecule is C[C@H]1CNCCN1C(=O)c1cc(Br)c(Br)s1. The lowest BCUT2D eigenvalue weighted by Gasteiger charge is -2.33. The van der Waals surface area contributed by atoms with Gasteiger partial charge in [-0.3, -0.25) is 4.79 Å². The van der Waals surface area contributed by atoms with E-state index in [9.17, 15) is 4.79 Å². The maximum absolute atomic E-state index is 12.2. The number of halogens is 2. The van der Waals surface area contributed by atoms with Crippen LogP contribution < -0.4 is 5.32 Å². The molecule has 1 atom stereocenters. The number of carbonyl (C=O) groups excluding carboxylic acids is 1. The van der Waals surface area contributed by atoms with Crippen molar-refractivity contribution in [3.8, 4) is 0 Å². The number of amides is 1. The molecule has 1 N–H and O–H groups in total. The van der Waals surface area contributed by atoms with E-state index in [2.05, 4.69) is 44.1 Å². The van der Waals surface area contributed by atoms with Crippen molar-refractivity contribution in [3.05, 3.63) is 19.2 Å². The van der Waals surface area contributed by atoms with Gasteiger partial charge < -0.3 is 10.2 Å². The Morgan fingerprint density at radius 1 is 1.62 bits per heavy atom. The van der Waals surface area contributed by atoms with Gasteiger partial charge in [0.05, 0.1) is 8.66 Å². The van der Waals surface area contributed by atoms with Crippen LogP contribution in [0.3, 0.4) is 0 Å². The van der Waals surface area contributed by atoms with E-state index >= 15 is 0 Å². The van der Waals surface area contributed by atoms with Crippen LogP contribution in [0.4, 0.5) is 0 Å². The molecule has 0 aliphatic carbocycles. The number of hydrogen-bond acceptors (Lipinski definition) is 3. The third-order valence-corrected chi connectivity index (χ3v) is 5.86. The molecule has 0 saturated carbocycles. The molecule has 0 aromatic carbocycles. The Balaban J connectivity index is 2.17. The van der Waals surface area contributed by atoms with Crippen LogP contribution in [-0.4, -0.2) is 36.5 Å². The van der Waals surface area contributed by atoms with Crippen LogP contribution in [0.25, 0.3) is 0 Å². The second-order valence-electron chi connectivity index (χ2n) is 3.78. The third-order valence-electron chi connectivity index (χ3n) is 2.62. The van der Waals surface area contributed by atoms with Gasteiger partial charge in [-0.15, -0.1) is 11.3 Å². The van der Waals surface area contributed by atoms with Crippen LogP contribution in [0.2, 0.25) is 0 Å². The first kappa shape index (κ1) is 12.5. The van der Waals surface area contributed by atoms with Crippen molar-refractivity contribution >= 4 is 49.1 Å². The highest BCUT2D eigenvalue weighted by Crippen LogP contribution is 2.33. The fraction of sp³-hybridized carbons (Fsp3) is 0.500. The van der Waals surface area contributed by atoms with Crippen molar-refractivity contribution in [1.29, 1.82) is 0 Å². The standard InChI is InChI=1S/C10H12Br2N2OS/c1-6-5-13-2-3-14(6)10(15)8-4-7(11)9(12)16-8/h4,6,13H,2-3,5H2,1H3/t6-/m0/s1. The highest BCUT2D eigenvalue weighted by Gasteiger charge is 2.25. The minimum atomic E-state index is 0.130. The Labute approximate surface area is 115 Å². The summed E-state index contributed by atoms with van der Waals surface area (Å²) in [6, 6.07) is 2.15. The van der Waals surface area contributed by atoms with Crippen molar-refractivity contribution in [2.45, 2.75) is 13.0 Å². The van der Waals surface area contributed by atoms with Gasteiger partial charge in [-0.2, -0.15) is 0 Å². The molecule has 0 spiro atoms. The molecule has 1 amide bonds. The number of piperazine rings is 1. The van der Waals surface area contributed by atoms with E-state index in [0.717, 1.165) is 32.8 Å². The predicted molar refractivity (Wildman–Crippen MR) is 73.1 cm³/mol. The first-order chi connectivity index (χ1) is 7.59. The van der Waals surface area contributed by atoms with Gasteiger partial charge in [0.15, 0.2) is 0 Å². The Bertz CT molecular complexity index is 388. The van der Waals surface area contributed by atoms with Crippen molar-refractivity contribution in [3.63, 3.8) is 0 Å². The molecule has 0 radical (unpaired) electrons. The summed E-state index contributed by atoms with van der Waals surface area (Å²) in [6.45, 7) is 4.61. The number of rotatable bonds is 1. The van der Waals surface area contributed by atoms with E-state index in [-0.39, 0.29) is 11.9 Å². The molecule has 0 bridgehead atoms. The van der Waals surface area contributed by atoms with Gasteiger partial charge in [0.2, 0.25) is 0 Å². The average molecular weight is 368 g/mol. The van der Waals surface area contributed by atoms with Crippen molar-refractivity contribution in [2.75, 3.05) is 19.6 Å². The first-order valence-electron chi connectivity index (χ1n) is 5.06. The molecule has 1 fully saturated rings. The van der Waals surface area contributed by atoms with E-state index in [1.807, 2.05) is 11.0 Å². The molecule has 16 heavy (non-hydrogen) atoms. The van der Waals surface area contributed by atoms with Gasteiger partial charge in [0.25, 0.3) is 5.91 Å². The summed E-state index contributed by atoms with van der Waals surface area (Å²) in [4.78, 5) is 15.0. The van der Waals surface area contributed by atoms with E-state index in [0.29, 0.717) is 0 Å². The quantitative estimate of drug-likeness (QED) is 0.827. The summed E-state index contributed by atoms with van der Waals surface area (Å²) in [5.41, 5.74) is 0. The van der Waals surface area contributed by atoms with Crippen molar-refractivity contribution < 1.29 is 4.79 Å². The second kappa shape index (κ2) is 5.16. The Morgan fingerprint density at radius 3 is 2.94 bits per heavy atom. The van der Waals surface area contributed by atoms with Crippen LogP contribution in [0.1, 0.15) is 16.6 Å². The predicted octanol–water partition coefficient (Wildman–Crippen LogP) is 2.71. The van der Waals surface area contributed by atoms with Gasteiger partial charge in [-0.1, -0.05) is 0 Å². The molecule has 1 aromatic heterocycles. The molecular formula is C10H12Br2N2OS. The first-order valence-corrected chi connectivity index (χ1v) is 7.46. The Morgan fingerprint density at radius 2 is 2.38 bits per heavy atom. The zero-order valence-corrected chi connectivity index (χ0v) is 12.8. The number of carbonyl (C=O) groups is 1. The molecule has 1 aliphatic heterocycles. The highest BCUT2D eigenvalue weighted by molar-refractivity contribution is 9.13. The minimum absolute atomic E-state index is 0.130. The molecule has 0 unspecified atom stereocenters. The Kier molecular flexibility index (Phi) is 4.05. The summed E-state index contributed by atoms with van der Waals surface area (Å²) in [7, 11) is 0. The summed E-state index contributed by atoms with van der Waals surface area (Å²) >= 11 is 8.29. The number of hydrogen-bond donors (Lipinski definition) is 1. The third kappa shape index (κ3) is 2.50. The van der Waals surface area contributed by atoms with Crippen LogP contribution in [0, 0.1) is 0 Å². The molecule has 1 aromatic rings. The summed E-state index contributed by atoms with van der Waals surface area (Å²) in [5.74, 6) is 0.130. The van der Waals surface area contributed by atoms with Gasteiger partial charge >= 0.3 is 0 Å². The highest BCUT2D eigenvalue weighted by atomic mass is 79.9. The number of nitrogens with one attached hydrogen (secondary N) is 1. The van der Waals surface area contributed by atoms with E-state index in [4.69, 9.17) is 0 Å². The second-order valence-corrected chi connectivity index (χ2v) is 7.01. The zero-order chi connectivity index (χ0) is 11.7. The minimum Gasteiger partial charge on any atom is -0.333 e. The van der Waals surface area contributed by atoms with Crippen molar-refractivity contribution in [1.82, 2.24) is 10.2 Å². The topological polar surface area (TPSA) is 32.3 Å².